The average Bonchev–Trinajstić information content (AvgIpc) is 3.22. The lowest BCUT2D eigenvalue weighted by molar-refractivity contribution is -0.137. The fourth-order valence-corrected chi connectivity index (χ4v) is 6.08. The van der Waals surface area contributed by atoms with E-state index in [1.165, 1.54) is 29.9 Å². The van der Waals surface area contributed by atoms with Crippen LogP contribution in [0.15, 0.2) is 126 Å². The summed E-state index contributed by atoms with van der Waals surface area (Å²) in [5.74, 6) is 1.46. The molecule has 2 aromatic heterocycles. The van der Waals surface area contributed by atoms with E-state index in [-0.39, 0.29) is 17.8 Å². The predicted octanol–water partition coefficient (Wildman–Crippen LogP) is 12.8. The van der Waals surface area contributed by atoms with E-state index in [9.17, 15) is 13.2 Å². The highest BCUT2D eigenvalue weighted by atomic mass is 79.9. The van der Waals surface area contributed by atoms with Gasteiger partial charge in [0.25, 0.3) is 0 Å². The molecule has 0 fully saturated rings. The highest BCUT2D eigenvalue weighted by molar-refractivity contribution is 9.10. The number of nitrogens with one attached hydrogen (secondary N) is 1. The van der Waals surface area contributed by atoms with Gasteiger partial charge >= 0.3 is 6.18 Å². The highest BCUT2D eigenvalue weighted by Gasteiger charge is 2.34. The lowest BCUT2D eigenvalue weighted by atomic mass is 9.98. The predicted molar refractivity (Wildman–Crippen MR) is 231 cm³/mol. The summed E-state index contributed by atoms with van der Waals surface area (Å²) < 4.78 is 63.3. The first-order valence-corrected chi connectivity index (χ1v) is 19.5. The first kappa shape index (κ1) is 45.3. The molecule has 2 atom stereocenters. The molecule has 3 N–H and O–H groups in total. The van der Waals surface area contributed by atoms with Crippen molar-refractivity contribution in [1.29, 1.82) is 0 Å². The van der Waals surface area contributed by atoms with Gasteiger partial charge in [-0.2, -0.15) is 13.2 Å². The van der Waals surface area contributed by atoms with E-state index in [1.807, 2.05) is 70.2 Å². The second-order valence-corrected chi connectivity index (χ2v) is 13.9. The zero-order chi connectivity index (χ0) is 42.2. The van der Waals surface area contributed by atoms with Crippen LogP contribution in [0.5, 0.6) is 11.5 Å². The van der Waals surface area contributed by atoms with E-state index < -0.39 is 11.7 Å². The maximum atomic E-state index is 13.7. The number of alkyl halides is 3. The number of nitrogens with zero attached hydrogens (tertiary/aromatic N) is 2. The molecule has 0 saturated carbocycles. The smallest absolute Gasteiger partial charge is 0.417 e. The van der Waals surface area contributed by atoms with Gasteiger partial charge in [-0.05, 0) is 151 Å². The number of aromatic nitrogens is 2. The molecule has 6 rings (SSSR count). The summed E-state index contributed by atoms with van der Waals surface area (Å²) in [6.45, 7) is 11.1. The first-order valence-electron chi connectivity index (χ1n) is 18.7. The molecule has 2 heterocycles. The van der Waals surface area contributed by atoms with Gasteiger partial charge in [0.15, 0.2) is 0 Å². The molecule has 0 amide bonds. The van der Waals surface area contributed by atoms with Crippen molar-refractivity contribution in [2.45, 2.75) is 53.0 Å². The molecule has 0 saturated heterocycles. The maximum absolute atomic E-state index is 13.7. The molecule has 0 radical (unpaired) electrons. The number of hydrogen-bond donors (Lipinski definition) is 2. The molecule has 0 aliphatic rings. The van der Waals surface area contributed by atoms with E-state index in [2.05, 4.69) is 50.3 Å². The average molecular weight is 860 g/mol. The summed E-state index contributed by atoms with van der Waals surface area (Å²) in [6, 6.07) is 32.2. The molecule has 0 spiro atoms. The number of benzene rings is 4. The SMILES string of the molecule is CCOC(C)c1ccc(Br)cn1.CCOC(C)c1ccc(Nc2ccc(-c3ccc(OC)cc3)c(C(F)(F)F)c2)cn1.COc1ccc(-c2ccc(N)cc2C)cc1. The Hall–Kier alpha value is -5.43. The number of aryl methyl sites for hydroxylation is 1. The summed E-state index contributed by atoms with van der Waals surface area (Å²) in [7, 11) is 3.18. The highest BCUT2D eigenvalue weighted by Crippen LogP contribution is 2.39. The quantitative estimate of drug-likeness (QED) is 0.117. The Morgan fingerprint density at radius 3 is 1.60 bits per heavy atom. The second kappa shape index (κ2) is 21.9. The Labute approximate surface area is 347 Å². The molecule has 306 valence electrons. The van der Waals surface area contributed by atoms with Crippen molar-refractivity contribution in [2.24, 2.45) is 0 Å². The Kier molecular flexibility index (Phi) is 17.1. The Balaban J connectivity index is 0.000000221. The minimum absolute atomic E-state index is 0.0862. The van der Waals surface area contributed by atoms with E-state index in [4.69, 9.17) is 24.7 Å². The zero-order valence-corrected chi connectivity index (χ0v) is 35.3. The molecule has 0 bridgehead atoms. The minimum Gasteiger partial charge on any atom is -0.497 e. The lowest BCUT2D eigenvalue weighted by Crippen LogP contribution is -2.08. The number of ether oxygens (including phenoxy) is 4. The Morgan fingerprint density at radius 2 is 1.16 bits per heavy atom. The van der Waals surface area contributed by atoms with Crippen LogP contribution in [-0.4, -0.2) is 37.4 Å². The van der Waals surface area contributed by atoms with E-state index >= 15 is 0 Å². The molecule has 4 aromatic carbocycles. The van der Waals surface area contributed by atoms with Crippen LogP contribution in [0.25, 0.3) is 22.3 Å². The van der Waals surface area contributed by atoms with Crippen LogP contribution < -0.4 is 20.5 Å². The van der Waals surface area contributed by atoms with Crippen molar-refractivity contribution in [3.05, 3.63) is 149 Å². The number of anilines is 3. The monoisotopic (exact) mass is 858 g/mol. The Morgan fingerprint density at radius 1 is 0.655 bits per heavy atom. The van der Waals surface area contributed by atoms with Crippen molar-refractivity contribution >= 4 is 33.0 Å². The molecule has 8 nitrogen and oxygen atoms in total. The van der Waals surface area contributed by atoms with E-state index in [1.54, 1.807) is 62.0 Å². The fraction of sp³-hybridized carbons (Fsp3) is 0.261. The fourth-order valence-electron chi connectivity index (χ4n) is 5.85. The molecule has 12 heteroatoms. The maximum Gasteiger partial charge on any atom is 0.417 e. The van der Waals surface area contributed by atoms with Gasteiger partial charge in [-0.15, -0.1) is 0 Å². The molecule has 58 heavy (non-hydrogen) atoms. The van der Waals surface area contributed by atoms with Crippen molar-refractivity contribution in [1.82, 2.24) is 9.97 Å². The molecule has 6 aromatic rings. The topological polar surface area (TPSA) is 101 Å². The lowest BCUT2D eigenvalue weighted by Gasteiger charge is -2.16. The number of pyridine rings is 2. The third-order valence-electron chi connectivity index (χ3n) is 8.87. The summed E-state index contributed by atoms with van der Waals surface area (Å²) in [6.07, 6.45) is -1.20. The van der Waals surface area contributed by atoms with Gasteiger partial charge in [0.1, 0.15) is 11.5 Å². The van der Waals surface area contributed by atoms with Crippen LogP contribution in [0.3, 0.4) is 0 Å². The van der Waals surface area contributed by atoms with Gasteiger partial charge in [0.2, 0.25) is 0 Å². The summed E-state index contributed by atoms with van der Waals surface area (Å²) in [5, 5.41) is 2.99. The van der Waals surface area contributed by atoms with Crippen LogP contribution in [0.4, 0.5) is 30.2 Å². The number of rotatable bonds is 12. The second-order valence-electron chi connectivity index (χ2n) is 13.0. The number of halogens is 4. The number of hydrogen-bond acceptors (Lipinski definition) is 8. The van der Waals surface area contributed by atoms with Crippen molar-refractivity contribution in [3.63, 3.8) is 0 Å². The Bertz CT molecular complexity index is 2150. The molecular weight excluding hydrogens is 809 g/mol. The van der Waals surface area contributed by atoms with Crippen LogP contribution in [0.1, 0.15) is 62.4 Å². The van der Waals surface area contributed by atoms with Crippen LogP contribution in [0, 0.1) is 6.92 Å². The zero-order valence-electron chi connectivity index (χ0n) is 33.7. The summed E-state index contributed by atoms with van der Waals surface area (Å²) in [5.41, 5.74) is 12.6. The standard InChI is InChI=1S/C23H23F3N2O2.C14H15NO.C9H12BrNO/c1-4-30-15(2)22-12-8-18(14-27-22)28-17-7-11-20(21(13-17)23(24,25)26)16-5-9-19(29-3)10-6-16;1-10-9-12(15)5-8-14(10)11-3-6-13(16-2)7-4-11;1-3-12-7(2)9-5-4-8(10)6-11-9/h5-15,28H,4H2,1-3H3;3-9H,15H2,1-2H3;4-7H,3H2,1-2H3. The van der Waals surface area contributed by atoms with Crippen molar-refractivity contribution in [2.75, 3.05) is 38.5 Å². The van der Waals surface area contributed by atoms with E-state index in [0.717, 1.165) is 40.0 Å². The van der Waals surface area contributed by atoms with Crippen LogP contribution in [0.2, 0.25) is 0 Å². The molecule has 0 aliphatic heterocycles. The van der Waals surface area contributed by atoms with Gasteiger partial charge in [-0.3, -0.25) is 9.97 Å². The third-order valence-corrected chi connectivity index (χ3v) is 9.34. The van der Waals surface area contributed by atoms with Crippen molar-refractivity contribution < 1.29 is 32.1 Å². The van der Waals surface area contributed by atoms with Gasteiger partial charge in [-0.25, -0.2) is 0 Å². The van der Waals surface area contributed by atoms with Crippen molar-refractivity contribution in [3.8, 4) is 33.8 Å². The van der Waals surface area contributed by atoms with Crippen LogP contribution >= 0.6 is 15.9 Å². The van der Waals surface area contributed by atoms with Gasteiger partial charge in [0, 0.05) is 35.3 Å². The summed E-state index contributed by atoms with van der Waals surface area (Å²) in [4.78, 5) is 8.55. The number of methoxy groups -OCH3 is 2. The molecule has 2 unspecified atom stereocenters. The first-order chi connectivity index (χ1) is 27.8. The number of nitrogen functional groups attached to an aromatic ring is 1. The normalized spacial score (nSPS) is 11.9. The number of nitrogens with two attached hydrogens (primary N) is 1. The van der Waals surface area contributed by atoms with Gasteiger partial charge in [-0.1, -0.05) is 36.4 Å². The molecular formula is C46H50BrF3N4O4. The third kappa shape index (κ3) is 13.3. The van der Waals surface area contributed by atoms with Crippen LogP contribution in [-0.2, 0) is 15.7 Å². The van der Waals surface area contributed by atoms with Gasteiger partial charge in [0.05, 0.1) is 55.3 Å². The van der Waals surface area contributed by atoms with Gasteiger partial charge < -0.3 is 30.0 Å². The summed E-state index contributed by atoms with van der Waals surface area (Å²) >= 11 is 3.33. The minimum atomic E-state index is -4.50. The largest absolute Gasteiger partial charge is 0.497 e. The molecule has 0 aliphatic carbocycles. The van der Waals surface area contributed by atoms with E-state index in [0.29, 0.717) is 29.3 Å².